The maximum Gasteiger partial charge on any atom is 0.343 e. The van der Waals surface area contributed by atoms with Crippen LogP contribution in [0, 0.1) is 11.8 Å². The molecule has 0 spiro atoms. The Balaban J connectivity index is 1.54. The first kappa shape index (κ1) is 24.7. The van der Waals surface area contributed by atoms with Crippen LogP contribution in [0.3, 0.4) is 0 Å². The first-order valence-corrected chi connectivity index (χ1v) is 12.1. The van der Waals surface area contributed by atoms with E-state index in [0.717, 1.165) is 44.9 Å². The smallest absolute Gasteiger partial charge is 0.343 e. The zero-order chi connectivity index (χ0) is 23.2. The van der Waals surface area contributed by atoms with Crippen molar-refractivity contribution in [1.82, 2.24) is 4.90 Å². The summed E-state index contributed by atoms with van der Waals surface area (Å²) in [4.78, 5) is 27.4. The molecule has 1 aromatic rings. The van der Waals surface area contributed by atoms with Crippen molar-refractivity contribution in [2.75, 3.05) is 26.3 Å². The fourth-order valence-corrected chi connectivity index (χ4v) is 4.75. The van der Waals surface area contributed by atoms with Crippen molar-refractivity contribution < 1.29 is 24.2 Å². The molecule has 1 aromatic carbocycles. The number of hydrogen-bond donors (Lipinski definition) is 1. The molecule has 1 atom stereocenters. The number of aliphatic hydroxyl groups is 1. The molecule has 178 valence electrons. The van der Waals surface area contributed by atoms with Crippen LogP contribution >= 0.6 is 0 Å². The molecular weight excluding hydrogens is 406 g/mol. The van der Waals surface area contributed by atoms with Gasteiger partial charge in [-0.05, 0) is 57.9 Å². The van der Waals surface area contributed by atoms with Crippen molar-refractivity contribution in [3.63, 3.8) is 0 Å². The molecule has 6 nitrogen and oxygen atoms in total. The van der Waals surface area contributed by atoms with Crippen LogP contribution in [0.2, 0.25) is 0 Å². The van der Waals surface area contributed by atoms with E-state index in [0.29, 0.717) is 18.7 Å². The van der Waals surface area contributed by atoms with Crippen LogP contribution < -0.4 is 0 Å². The minimum atomic E-state index is -1.59. The fourth-order valence-electron chi connectivity index (χ4n) is 4.75. The van der Waals surface area contributed by atoms with Crippen LogP contribution in [0.25, 0.3) is 0 Å². The lowest BCUT2D eigenvalue weighted by Crippen LogP contribution is -2.46. The zero-order valence-corrected chi connectivity index (χ0v) is 19.8. The molecule has 2 aliphatic rings. The Kier molecular flexibility index (Phi) is 8.34. The topological polar surface area (TPSA) is 76.1 Å². The molecule has 0 aromatic heterocycles. The number of esters is 1. The van der Waals surface area contributed by atoms with Gasteiger partial charge in [0.2, 0.25) is 5.91 Å². The van der Waals surface area contributed by atoms with Gasteiger partial charge in [0.15, 0.2) is 5.60 Å². The highest BCUT2D eigenvalue weighted by Crippen LogP contribution is 2.40. The predicted molar refractivity (Wildman–Crippen MR) is 123 cm³/mol. The summed E-state index contributed by atoms with van der Waals surface area (Å²) in [5.74, 6) is -0.454. The number of nitrogens with zero attached hydrogens (tertiary/aromatic N) is 1. The summed E-state index contributed by atoms with van der Waals surface area (Å²) in [7, 11) is 0. The third-order valence-electron chi connectivity index (χ3n) is 6.77. The summed E-state index contributed by atoms with van der Waals surface area (Å²) in [6.45, 7) is 7.45. The largest absolute Gasteiger partial charge is 0.463 e. The lowest BCUT2D eigenvalue weighted by atomic mass is 9.73. The van der Waals surface area contributed by atoms with Crippen molar-refractivity contribution in [1.29, 1.82) is 0 Å². The van der Waals surface area contributed by atoms with Gasteiger partial charge in [0.25, 0.3) is 0 Å². The van der Waals surface area contributed by atoms with Crippen molar-refractivity contribution in [3.05, 3.63) is 35.9 Å². The van der Waals surface area contributed by atoms with E-state index in [2.05, 4.69) is 0 Å². The van der Waals surface area contributed by atoms with Gasteiger partial charge in [-0.2, -0.15) is 0 Å². The van der Waals surface area contributed by atoms with Crippen LogP contribution in [0.15, 0.2) is 30.3 Å². The molecular formula is C26H39NO5. The van der Waals surface area contributed by atoms with E-state index < -0.39 is 11.6 Å². The quantitative estimate of drug-likeness (QED) is 0.641. The molecule has 0 bridgehead atoms. The number of ether oxygens (including phenoxy) is 2. The van der Waals surface area contributed by atoms with E-state index in [9.17, 15) is 14.7 Å². The lowest BCUT2D eigenvalue weighted by molar-refractivity contribution is -0.177. The first-order chi connectivity index (χ1) is 15.2. The third kappa shape index (κ3) is 6.32. The van der Waals surface area contributed by atoms with E-state index in [1.54, 1.807) is 0 Å². The first-order valence-electron chi connectivity index (χ1n) is 12.1. The number of carbonyl (C=O) groups is 2. The standard InChI is InChI=1S/C26H39NO5/c1-25(2,3)32-19-23(28)27-16-14-20(15-17-27)18-31-24(29)26(30,21-10-6-4-7-11-21)22-12-8-5-9-13-22/h4,6-7,10-11,20,22,30H,5,8-9,12-19H2,1-3H3. The number of rotatable bonds is 7. The second-order valence-electron chi connectivity index (χ2n) is 10.3. The summed E-state index contributed by atoms with van der Waals surface area (Å²) in [5.41, 5.74) is -1.31. The molecule has 1 aliphatic carbocycles. The van der Waals surface area contributed by atoms with E-state index in [-0.39, 0.29) is 36.6 Å². The minimum Gasteiger partial charge on any atom is -0.463 e. The molecule has 1 saturated heterocycles. The maximum atomic E-state index is 13.2. The summed E-state index contributed by atoms with van der Waals surface area (Å²) in [5, 5.41) is 11.6. The van der Waals surface area contributed by atoms with Gasteiger partial charge in [0.05, 0.1) is 12.2 Å². The summed E-state index contributed by atoms with van der Waals surface area (Å²) in [6, 6.07) is 9.23. The molecule has 1 heterocycles. The number of likely N-dealkylation sites (tertiary alicyclic amines) is 1. The average molecular weight is 446 g/mol. The van der Waals surface area contributed by atoms with Crippen LogP contribution in [-0.2, 0) is 24.7 Å². The minimum absolute atomic E-state index is 0.00567. The summed E-state index contributed by atoms with van der Waals surface area (Å²) < 4.78 is 11.3. The highest BCUT2D eigenvalue weighted by Gasteiger charge is 2.47. The molecule has 1 unspecified atom stereocenters. The Hall–Kier alpha value is -1.92. The van der Waals surface area contributed by atoms with Gasteiger partial charge in [-0.3, -0.25) is 4.79 Å². The monoisotopic (exact) mass is 445 g/mol. The number of piperidine rings is 1. The molecule has 1 amide bonds. The molecule has 2 fully saturated rings. The van der Waals surface area contributed by atoms with Crippen LogP contribution in [0.1, 0.15) is 71.3 Å². The highest BCUT2D eigenvalue weighted by molar-refractivity contribution is 5.81. The Labute approximate surface area is 192 Å². The van der Waals surface area contributed by atoms with Gasteiger partial charge >= 0.3 is 5.97 Å². The molecule has 3 rings (SSSR count). The van der Waals surface area contributed by atoms with Crippen LogP contribution in [0.5, 0.6) is 0 Å². The SMILES string of the molecule is CC(C)(C)OCC(=O)N1CCC(COC(=O)C(O)(c2ccccc2)C2CCCCC2)CC1. The van der Waals surface area contributed by atoms with Gasteiger partial charge < -0.3 is 19.5 Å². The lowest BCUT2D eigenvalue weighted by Gasteiger charge is -2.37. The Morgan fingerprint density at radius 3 is 2.22 bits per heavy atom. The summed E-state index contributed by atoms with van der Waals surface area (Å²) in [6.07, 6.45) is 6.42. The average Bonchev–Trinajstić information content (AvgIpc) is 2.81. The van der Waals surface area contributed by atoms with E-state index in [4.69, 9.17) is 9.47 Å². The number of benzene rings is 1. The van der Waals surface area contributed by atoms with E-state index in [1.807, 2.05) is 56.0 Å². The van der Waals surface area contributed by atoms with Crippen molar-refractivity contribution in [3.8, 4) is 0 Å². The second-order valence-corrected chi connectivity index (χ2v) is 10.3. The Bertz CT molecular complexity index is 745. The van der Waals surface area contributed by atoms with E-state index in [1.165, 1.54) is 0 Å². The van der Waals surface area contributed by atoms with Crippen molar-refractivity contribution >= 4 is 11.9 Å². The highest BCUT2D eigenvalue weighted by atomic mass is 16.5. The van der Waals surface area contributed by atoms with E-state index >= 15 is 0 Å². The van der Waals surface area contributed by atoms with Crippen molar-refractivity contribution in [2.24, 2.45) is 11.8 Å². The number of hydrogen-bond acceptors (Lipinski definition) is 5. The second kappa shape index (κ2) is 10.8. The normalized spacial score (nSPS) is 20.6. The molecule has 1 saturated carbocycles. The van der Waals surface area contributed by atoms with Crippen LogP contribution in [0.4, 0.5) is 0 Å². The molecule has 32 heavy (non-hydrogen) atoms. The molecule has 1 N–H and O–H groups in total. The number of amides is 1. The third-order valence-corrected chi connectivity index (χ3v) is 6.77. The van der Waals surface area contributed by atoms with Crippen molar-refractivity contribution in [2.45, 2.75) is 76.9 Å². The zero-order valence-electron chi connectivity index (χ0n) is 19.8. The van der Waals surface area contributed by atoms with Gasteiger partial charge in [-0.25, -0.2) is 4.79 Å². The molecule has 1 aliphatic heterocycles. The Morgan fingerprint density at radius 1 is 1.00 bits per heavy atom. The predicted octanol–water partition coefficient (Wildman–Crippen LogP) is 4.05. The molecule has 0 radical (unpaired) electrons. The number of carbonyl (C=O) groups excluding carboxylic acids is 2. The molecule has 6 heteroatoms. The maximum absolute atomic E-state index is 13.2. The van der Waals surface area contributed by atoms with Gasteiger partial charge in [0.1, 0.15) is 6.61 Å². The van der Waals surface area contributed by atoms with Gasteiger partial charge in [-0.1, -0.05) is 49.6 Å². The van der Waals surface area contributed by atoms with Crippen LogP contribution in [-0.4, -0.2) is 53.8 Å². The van der Waals surface area contributed by atoms with Gasteiger partial charge in [-0.15, -0.1) is 0 Å². The summed E-state index contributed by atoms with van der Waals surface area (Å²) >= 11 is 0. The fraction of sp³-hybridized carbons (Fsp3) is 0.692. The Morgan fingerprint density at radius 2 is 1.62 bits per heavy atom. The van der Waals surface area contributed by atoms with Gasteiger partial charge in [0, 0.05) is 19.0 Å².